The summed E-state index contributed by atoms with van der Waals surface area (Å²) < 4.78 is 0. The molecule has 0 spiro atoms. The van der Waals surface area contributed by atoms with Gasteiger partial charge in [0.05, 0.1) is 5.92 Å². The lowest BCUT2D eigenvalue weighted by Crippen LogP contribution is -2.40. The van der Waals surface area contributed by atoms with E-state index in [1.54, 1.807) is 13.8 Å². The lowest BCUT2D eigenvalue weighted by Gasteiger charge is -2.17. The first kappa shape index (κ1) is 11.9. The maximum Gasteiger partial charge on any atom is 0.308 e. The van der Waals surface area contributed by atoms with Crippen molar-refractivity contribution in [3.63, 3.8) is 0 Å². The molecule has 0 aromatic heterocycles. The van der Waals surface area contributed by atoms with Crippen LogP contribution in [0, 0.1) is 5.92 Å². The number of nitrogens with two attached hydrogens (primary N) is 1. The Morgan fingerprint density at radius 2 is 2.00 bits per heavy atom. The highest BCUT2D eigenvalue weighted by Gasteiger charge is 2.20. The molecular formula is C8H16N2O3. The van der Waals surface area contributed by atoms with E-state index in [2.05, 4.69) is 5.32 Å². The van der Waals surface area contributed by atoms with Gasteiger partial charge in [0.25, 0.3) is 0 Å². The number of carbonyl (C=O) groups excluding carboxylic acids is 1. The van der Waals surface area contributed by atoms with Crippen molar-refractivity contribution in [1.82, 2.24) is 5.32 Å². The van der Waals surface area contributed by atoms with Crippen LogP contribution in [0.5, 0.6) is 0 Å². The lowest BCUT2D eigenvalue weighted by atomic mass is 10.0. The molecule has 0 aromatic rings. The Morgan fingerprint density at radius 1 is 1.46 bits per heavy atom. The van der Waals surface area contributed by atoms with Gasteiger partial charge in [-0.25, -0.2) is 0 Å². The van der Waals surface area contributed by atoms with Crippen LogP contribution in [-0.4, -0.2) is 29.6 Å². The van der Waals surface area contributed by atoms with Crippen LogP contribution in [0.25, 0.3) is 0 Å². The van der Waals surface area contributed by atoms with Crippen LogP contribution in [0.2, 0.25) is 0 Å². The minimum absolute atomic E-state index is 0.205. The summed E-state index contributed by atoms with van der Waals surface area (Å²) in [4.78, 5) is 21.5. The predicted octanol–water partition coefficient (Wildman–Crippen LogP) is -0.439. The molecule has 0 aliphatic heterocycles. The van der Waals surface area contributed by atoms with Gasteiger partial charge in [-0.15, -0.1) is 0 Å². The van der Waals surface area contributed by atoms with Gasteiger partial charge in [-0.05, 0) is 13.8 Å². The van der Waals surface area contributed by atoms with Gasteiger partial charge in [0, 0.05) is 19.0 Å². The van der Waals surface area contributed by atoms with E-state index in [1.165, 1.54) is 0 Å². The van der Waals surface area contributed by atoms with Crippen LogP contribution in [0.1, 0.15) is 20.3 Å². The molecule has 0 rings (SSSR count). The van der Waals surface area contributed by atoms with E-state index in [9.17, 15) is 9.59 Å². The zero-order chi connectivity index (χ0) is 10.4. The molecule has 2 unspecified atom stereocenters. The summed E-state index contributed by atoms with van der Waals surface area (Å²) in [5, 5.41) is 11.2. The van der Waals surface area contributed by atoms with Gasteiger partial charge in [-0.1, -0.05) is 0 Å². The van der Waals surface area contributed by atoms with Crippen molar-refractivity contribution < 1.29 is 14.7 Å². The molecule has 0 aliphatic rings. The molecule has 5 heteroatoms. The molecule has 5 nitrogen and oxygen atoms in total. The highest BCUT2D eigenvalue weighted by atomic mass is 16.4. The highest BCUT2D eigenvalue weighted by molar-refractivity contribution is 5.78. The molecule has 0 aliphatic carbocycles. The summed E-state index contributed by atoms with van der Waals surface area (Å²) in [6, 6.07) is -0.364. The van der Waals surface area contributed by atoms with Gasteiger partial charge in [0.2, 0.25) is 5.91 Å². The zero-order valence-electron chi connectivity index (χ0n) is 7.91. The maximum absolute atomic E-state index is 11.0. The van der Waals surface area contributed by atoms with Crippen LogP contribution < -0.4 is 11.1 Å². The molecule has 76 valence electrons. The maximum atomic E-state index is 11.0. The third-order valence-corrected chi connectivity index (χ3v) is 1.90. The smallest absolute Gasteiger partial charge is 0.308 e. The average molecular weight is 188 g/mol. The number of hydrogen-bond donors (Lipinski definition) is 3. The first-order valence-corrected chi connectivity index (χ1v) is 4.21. The van der Waals surface area contributed by atoms with Crippen molar-refractivity contribution in [2.45, 2.75) is 26.3 Å². The molecule has 0 heterocycles. The minimum Gasteiger partial charge on any atom is -0.481 e. The van der Waals surface area contributed by atoms with Gasteiger partial charge in [0.1, 0.15) is 0 Å². The van der Waals surface area contributed by atoms with Crippen LogP contribution in [0.4, 0.5) is 0 Å². The molecule has 4 N–H and O–H groups in total. The summed E-state index contributed by atoms with van der Waals surface area (Å²) in [6.45, 7) is 3.49. The topological polar surface area (TPSA) is 92.4 Å². The third-order valence-electron chi connectivity index (χ3n) is 1.90. The number of nitrogens with one attached hydrogen (secondary N) is 1. The fraction of sp³-hybridized carbons (Fsp3) is 0.750. The number of carboxylic acids is 1. The molecule has 0 radical (unpaired) electrons. The molecule has 1 amide bonds. The Morgan fingerprint density at radius 3 is 2.38 bits per heavy atom. The zero-order valence-corrected chi connectivity index (χ0v) is 7.91. The van der Waals surface area contributed by atoms with E-state index < -0.39 is 11.9 Å². The summed E-state index contributed by atoms with van der Waals surface area (Å²) in [6.07, 6.45) is 0.233. The van der Waals surface area contributed by atoms with Crippen LogP contribution >= 0.6 is 0 Å². The van der Waals surface area contributed by atoms with Crippen LogP contribution in [-0.2, 0) is 9.59 Å². The quantitative estimate of drug-likeness (QED) is 0.545. The first-order chi connectivity index (χ1) is 5.99. The van der Waals surface area contributed by atoms with Crippen molar-refractivity contribution >= 4 is 11.9 Å². The fourth-order valence-electron chi connectivity index (χ4n) is 0.796. The third kappa shape index (κ3) is 4.47. The van der Waals surface area contributed by atoms with Crippen molar-refractivity contribution in [1.29, 1.82) is 0 Å². The monoisotopic (exact) mass is 188 g/mol. The van der Waals surface area contributed by atoms with E-state index >= 15 is 0 Å². The Bertz CT molecular complexity index is 194. The number of amides is 1. The normalized spacial score (nSPS) is 14.7. The molecule has 0 saturated heterocycles. The second kappa shape index (κ2) is 5.53. The number of hydrogen-bond acceptors (Lipinski definition) is 3. The second-order valence-electron chi connectivity index (χ2n) is 3.02. The summed E-state index contributed by atoms with van der Waals surface area (Å²) in [7, 11) is 0. The Labute approximate surface area is 77.3 Å². The van der Waals surface area contributed by atoms with Gasteiger partial charge in [-0.2, -0.15) is 0 Å². The van der Waals surface area contributed by atoms with Gasteiger partial charge >= 0.3 is 5.97 Å². The van der Waals surface area contributed by atoms with E-state index in [4.69, 9.17) is 10.8 Å². The van der Waals surface area contributed by atoms with E-state index in [0.29, 0.717) is 0 Å². The number of carboxylic acid groups (broad SMARTS) is 1. The van der Waals surface area contributed by atoms with Crippen molar-refractivity contribution in [3.05, 3.63) is 0 Å². The molecule has 0 bridgehead atoms. The van der Waals surface area contributed by atoms with E-state index in [1.807, 2.05) is 0 Å². The SMILES string of the molecule is CC(NC(=O)CCN)C(C)C(=O)O. The number of carbonyl (C=O) groups is 2. The molecule has 2 atom stereocenters. The van der Waals surface area contributed by atoms with Crippen LogP contribution in [0.15, 0.2) is 0 Å². The molecule has 0 saturated carbocycles. The molecule has 13 heavy (non-hydrogen) atoms. The summed E-state index contributed by atoms with van der Waals surface area (Å²) >= 11 is 0. The molecule has 0 fully saturated rings. The fourth-order valence-corrected chi connectivity index (χ4v) is 0.796. The standard InChI is InChI=1S/C8H16N2O3/c1-5(8(12)13)6(2)10-7(11)3-4-9/h5-6H,3-4,9H2,1-2H3,(H,10,11)(H,12,13). The number of aliphatic carboxylic acids is 1. The van der Waals surface area contributed by atoms with Gasteiger partial charge < -0.3 is 16.2 Å². The summed E-state index contributed by atoms with van der Waals surface area (Å²) in [5.74, 6) is -1.70. The minimum atomic E-state index is -0.916. The lowest BCUT2D eigenvalue weighted by molar-refractivity contribution is -0.142. The van der Waals surface area contributed by atoms with Crippen molar-refractivity contribution in [2.75, 3.05) is 6.54 Å². The second-order valence-corrected chi connectivity index (χ2v) is 3.02. The van der Waals surface area contributed by atoms with Crippen molar-refractivity contribution in [3.8, 4) is 0 Å². The highest BCUT2D eigenvalue weighted by Crippen LogP contribution is 2.02. The predicted molar refractivity (Wildman–Crippen MR) is 48.1 cm³/mol. The molecule has 0 aromatic carbocycles. The number of rotatable bonds is 5. The van der Waals surface area contributed by atoms with Crippen LogP contribution in [0.3, 0.4) is 0 Å². The summed E-state index contributed by atoms with van der Waals surface area (Å²) in [5.41, 5.74) is 5.16. The van der Waals surface area contributed by atoms with E-state index in [0.717, 1.165) is 0 Å². The molecular weight excluding hydrogens is 172 g/mol. The van der Waals surface area contributed by atoms with Gasteiger partial charge in [0.15, 0.2) is 0 Å². The van der Waals surface area contributed by atoms with Gasteiger partial charge in [-0.3, -0.25) is 9.59 Å². The first-order valence-electron chi connectivity index (χ1n) is 4.21. The Hall–Kier alpha value is -1.10. The van der Waals surface area contributed by atoms with E-state index in [-0.39, 0.29) is 24.9 Å². The van der Waals surface area contributed by atoms with Crippen molar-refractivity contribution in [2.24, 2.45) is 11.7 Å². The average Bonchev–Trinajstić information content (AvgIpc) is 2.03. The Balaban J connectivity index is 3.92. The Kier molecular flexibility index (Phi) is 5.06. The largest absolute Gasteiger partial charge is 0.481 e.